The second-order valence-electron chi connectivity index (χ2n) is 6.14. The van der Waals surface area contributed by atoms with Crippen molar-refractivity contribution < 1.29 is 23.9 Å². The van der Waals surface area contributed by atoms with Crippen LogP contribution in [0.25, 0.3) is 0 Å². The van der Waals surface area contributed by atoms with Gasteiger partial charge in [-0.1, -0.05) is 0 Å². The first-order valence-electron chi connectivity index (χ1n) is 8.39. The molecule has 0 radical (unpaired) electrons. The van der Waals surface area contributed by atoms with Crippen molar-refractivity contribution in [1.29, 1.82) is 0 Å². The molecule has 2 atom stereocenters. The number of amides is 2. The monoisotopic (exact) mass is 327 g/mol. The van der Waals surface area contributed by atoms with Crippen molar-refractivity contribution in [2.45, 2.75) is 31.5 Å². The van der Waals surface area contributed by atoms with E-state index in [-0.39, 0.29) is 24.5 Å². The minimum Gasteiger partial charge on any atom is -0.379 e. The highest BCUT2D eigenvalue weighted by Crippen LogP contribution is 2.21. The van der Waals surface area contributed by atoms with Gasteiger partial charge in [0.2, 0.25) is 5.91 Å². The van der Waals surface area contributed by atoms with E-state index in [2.05, 4.69) is 10.2 Å². The molecule has 3 aliphatic rings. The fraction of sp³-hybridized carbons (Fsp3) is 0.867. The summed E-state index contributed by atoms with van der Waals surface area (Å²) in [6.45, 7) is 5.32. The van der Waals surface area contributed by atoms with Gasteiger partial charge >= 0.3 is 0 Å². The summed E-state index contributed by atoms with van der Waals surface area (Å²) < 4.78 is 11.2. The van der Waals surface area contributed by atoms with Crippen LogP contribution in [0.5, 0.6) is 0 Å². The molecule has 0 saturated carbocycles. The second-order valence-corrected chi connectivity index (χ2v) is 6.14. The first kappa shape index (κ1) is 16.6. The van der Waals surface area contributed by atoms with Crippen molar-refractivity contribution in [3.8, 4) is 0 Å². The van der Waals surface area contributed by atoms with E-state index in [1.807, 2.05) is 0 Å². The van der Waals surface area contributed by atoms with E-state index in [1.165, 1.54) is 5.06 Å². The van der Waals surface area contributed by atoms with Gasteiger partial charge in [0.05, 0.1) is 39.0 Å². The number of carbonyl (C=O) groups is 2. The van der Waals surface area contributed by atoms with E-state index < -0.39 is 6.10 Å². The van der Waals surface area contributed by atoms with Gasteiger partial charge < -0.3 is 14.8 Å². The molecular weight excluding hydrogens is 302 g/mol. The summed E-state index contributed by atoms with van der Waals surface area (Å²) in [4.78, 5) is 31.4. The fourth-order valence-corrected chi connectivity index (χ4v) is 3.11. The number of nitrogens with zero attached hydrogens (tertiary/aromatic N) is 2. The fourth-order valence-electron chi connectivity index (χ4n) is 3.11. The Labute approximate surface area is 136 Å². The van der Waals surface area contributed by atoms with Gasteiger partial charge in [-0.25, -0.2) is 5.06 Å². The zero-order valence-corrected chi connectivity index (χ0v) is 13.4. The Morgan fingerprint density at radius 1 is 1.09 bits per heavy atom. The molecule has 23 heavy (non-hydrogen) atoms. The van der Waals surface area contributed by atoms with Crippen LogP contribution >= 0.6 is 0 Å². The molecule has 8 nitrogen and oxygen atoms in total. The number of morpholine rings is 1. The van der Waals surface area contributed by atoms with Crippen LogP contribution in [-0.4, -0.2) is 86.5 Å². The molecule has 8 heteroatoms. The Kier molecular flexibility index (Phi) is 5.82. The summed E-state index contributed by atoms with van der Waals surface area (Å²) in [5.41, 5.74) is 0. The minimum atomic E-state index is -0.451. The first-order valence-corrected chi connectivity index (χ1v) is 8.39. The second kappa shape index (κ2) is 8.05. The molecule has 3 rings (SSSR count). The van der Waals surface area contributed by atoms with Gasteiger partial charge in [0.15, 0.2) is 0 Å². The molecule has 3 fully saturated rings. The summed E-state index contributed by atoms with van der Waals surface area (Å²) >= 11 is 0. The van der Waals surface area contributed by atoms with Gasteiger partial charge in [-0.2, -0.15) is 0 Å². The molecule has 3 aliphatic heterocycles. The number of hydrogen-bond donors (Lipinski definition) is 1. The van der Waals surface area contributed by atoms with Crippen LogP contribution in [0, 0.1) is 0 Å². The van der Waals surface area contributed by atoms with Crippen LogP contribution < -0.4 is 5.32 Å². The van der Waals surface area contributed by atoms with E-state index >= 15 is 0 Å². The molecule has 0 bridgehead atoms. The Bertz CT molecular complexity index is 421. The van der Waals surface area contributed by atoms with Crippen LogP contribution in [0.2, 0.25) is 0 Å². The van der Waals surface area contributed by atoms with Crippen molar-refractivity contribution in [3.63, 3.8) is 0 Å². The molecule has 0 aliphatic carbocycles. The Morgan fingerprint density at radius 2 is 1.91 bits per heavy atom. The highest BCUT2D eigenvalue weighted by molar-refractivity contribution is 5.86. The standard InChI is InChI=1S/C15H25N3O5/c19-14(18-4-1-7-22-18)10-16-15(20)13-3-2-12(23-13)11-17-5-8-21-9-6-17/h12-13H,1-11H2,(H,16,20)/t12-,13+/m1/s1. The quantitative estimate of drug-likeness (QED) is 0.708. The van der Waals surface area contributed by atoms with E-state index in [1.54, 1.807) is 0 Å². The molecule has 3 heterocycles. The number of hydrogen-bond acceptors (Lipinski definition) is 6. The van der Waals surface area contributed by atoms with Crippen molar-refractivity contribution in [1.82, 2.24) is 15.3 Å². The number of rotatable bonds is 5. The predicted molar refractivity (Wildman–Crippen MR) is 80.4 cm³/mol. The lowest BCUT2D eigenvalue weighted by Gasteiger charge is -2.28. The van der Waals surface area contributed by atoms with Gasteiger partial charge in [-0.15, -0.1) is 0 Å². The van der Waals surface area contributed by atoms with Crippen molar-refractivity contribution in [2.75, 3.05) is 52.5 Å². The molecule has 2 amide bonds. The molecule has 0 aromatic carbocycles. The Morgan fingerprint density at radius 3 is 2.65 bits per heavy atom. The maximum Gasteiger partial charge on any atom is 0.265 e. The van der Waals surface area contributed by atoms with E-state index in [4.69, 9.17) is 14.3 Å². The molecule has 3 saturated heterocycles. The largest absolute Gasteiger partial charge is 0.379 e. The third kappa shape index (κ3) is 4.63. The van der Waals surface area contributed by atoms with Crippen molar-refractivity contribution >= 4 is 11.8 Å². The highest BCUT2D eigenvalue weighted by atomic mass is 16.7. The Balaban J connectivity index is 1.36. The number of ether oxygens (including phenoxy) is 2. The SMILES string of the molecule is O=C(NCC(=O)N1CCCO1)[C@@H]1CC[C@H](CN2CCOCC2)O1. The summed E-state index contributed by atoms with van der Waals surface area (Å²) in [6, 6.07) is 0. The topological polar surface area (TPSA) is 80.3 Å². The van der Waals surface area contributed by atoms with E-state index in [0.29, 0.717) is 19.6 Å². The minimum absolute atomic E-state index is 0.0349. The van der Waals surface area contributed by atoms with Crippen molar-refractivity contribution in [3.05, 3.63) is 0 Å². The lowest BCUT2D eigenvalue weighted by molar-refractivity contribution is -0.168. The molecule has 0 unspecified atom stereocenters. The summed E-state index contributed by atoms with van der Waals surface area (Å²) in [7, 11) is 0. The lowest BCUT2D eigenvalue weighted by atomic mass is 10.1. The molecule has 130 valence electrons. The molecule has 0 aromatic heterocycles. The summed E-state index contributed by atoms with van der Waals surface area (Å²) in [5.74, 6) is -0.416. The van der Waals surface area contributed by atoms with Crippen LogP contribution in [0.15, 0.2) is 0 Å². The molecule has 1 N–H and O–H groups in total. The lowest BCUT2D eigenvalue weighted by Crippen LogP contribution is -2.43. The summed E-state index contributed by atoms with van der Waals surface area (Å²) in [5, 5.41) is 3.97. The maximum atomic E-state index is 12.1. The number of nitrogens with one attached hydrogen (secondary N) is 1. The third-order valence-electron chi connectivity index (χ3n) is 4.41. The van der Waals surface area contributed by atoms with Crippen LogP contribution in [0.1, 0.15) is 19.3 Å². The smallest absolute Gasteiger partial charge is 0.265 e. The van der Waals surface area contributed by atoms with Gasteiger partial charge in [0.25, 0.3) is 5.91 Å². The van der Waals surface area contributed by atoms with Crippen LogP contribution in [-0.2, 0) is 23.9 Å². The third-order valence-corrected chi connectivity index (χ3v) is 4.41. The number of hydroxylamine groups is 2. The van der Waals surface area contributed by atoms with Crippen LogP contribution in [0.3, 0.4) is 0 Å². The van der Waals surface area contributed by atoms with E-state index in [9.17, 15) is 9.59 Å². The zero-order chi connectivity index (χ0) is 16.1. The average Bonchev–Trinajstić information content (AvgIpc) is 3.25. The molecule has 0 aromatic rings. The highest BCUT2D eigenvalue weighted by Gasteiger charge is 2.32. The predicted octanol–water partition coefficient (Wildman–Crippen LogP) is -0.854. The molecular formula is C15H25N3O5. The maximum absolute atomic E-state index is 12.1. The van der Waals surface area contributed by atoms with Crippen molar-refractivity contribution in [2.24, 2.45) is 0 Å². The van der Waals surface area contributed by atoms with Crippen LogP contribution in [0.4, 0.5) is 0 Å². The van der Waals surface area contributed by atoms with Gasteiger partial charge in [0, 0.05) is 19.6 Å². The average molecular weight is 327 g/mol. The van der Waals surface area contributed by atoms with E-state index in [0.717, 1.165) is 45.7 Å². The molecule has 0 spiro atoms. The normalized spacial score (nSPS) is 29.0. The number of carbonyl (C=O) groups excluding carboxylic acids is 2. The van der Waals surface area contributed by atoms with Gasteiger partial charge in [-0.05, 0) is 19.3 Å². The first-order chi connectivity index (χ1) is 11.2. The van der Waals surface area contributed by atoms with Gasteiger partial charge in [-0.3, -0.25) is 19.3 Å². The Hall–Kier alpha value is -1.22. The summed E-state index contributed by atoms with van der Waals surface area (Å²) in [6.07, 6.45) is 2.05. The van der Waals surface area contributed by atoms with Gasteiger partial charge in [0.1, 0.15) is 6.10 Å². The zero-order valence-electron chi connectivity index (χ0n) is 13.4.